The van der Waals surface area contributed by atoms with E-state index in [0.29, 0.717) is 19.0 Å². The van der Waals surface area contributed by atoms with E-state index in [1.54, 1.807) is 24.1 Å². The minimum Gasteiger partial charge on any atom is -0.390 e. The van der Waals surface area contributed by atoms with Crippen molar-refractivity contribution in [3.8, 4) is 11.1 Å². The van der Waals surface area contributed by atoms with Gasteiger partial charge < -0.3 is 9.84 Å². The quantitative estimate of drug-likeness (QED) is 0.743. The molecule has 1 saturated heterocycles. The van der Waals surface area contributed by atoms with Crippen molar-refractivity contribution < 1.29 is 14.6 Å². The second-order valence-corrected chi connectivity index (χ2v) is 6.88. The number of hydrogen-bond donors (Lipinski definition) is 1. The molecule has 0 aliphatic carbocycles. The van der Waals surface area contributed by atoms with Crippen molar-refractivity contribution in [1.82, 2.24) is 19.7 Å². The summed E-state index contributed by atoms with van der Waals surface area (Å²) in [6, 6.07) is 5.87. The second-order valence-electron chi connectivity index (χ2n) is 6.88. The van der Waals surface area contributed by atoms with Gasteiger partial charge in [0.05, 0.1) is 30.4 Å². The molecule has 2 aromatic heterocycles. The van der Waals surface area contributed by atoms with Crippen LogP contribution >= 0.6 is 0 Å². The number of aromatic nitrogens is 4. The second kappa shape index (κ2) is 7.54. The van der Waals surface area contributed by atoms with Crippen LogP contribution in [0.2, 0.25) is 0 Å². The molecule has 0 saturated carbocycles. The van der Waals surface area contributed by atoms with Gasteiger partial charge in [0, 0.05) is 43.3 Å². The Bertz CT molecular complexity index is 977. The predicted octanol–water partition coefficient (Wildman–Crippen LogP) is 2.06. The molecule has 7 heteroatoms. The Morgan fingerprint density at radius 3 is 2.89 bits per heavy atom. The Morgan fingerprint density at radius 1 is 1.30 bits per heavy atom. The van der Waals surface area contributed by atoms with Gasteiger partial charge in [-0.3, -0.25) is 9.48 Å². The average Bonchev–Trinajstić information content (AvgIpc) is 3.08. The molecule has 1 aromatic carbocycles. The number of nitrogens with zero attached hydrogens (tertiary/aromatic N) is 4. The number of aliphatic hydroxyl groups is 1. The number of rotatable bonds is 5. The maximum absolute atomic E-state index is 12.5. The van der Waals surface area contributed by atoms with Crippen LogP contribution in [-0.2, 0) is 29.6 Å². The van der Waals surface area contributed by atoms with Crippen LogP contribution in [0, 0.1) is 5.92 Å². The lowest BCUT2D eigenvalue weighted by Gasteiger charge is -2.20. The number of carbonyl (C=O) groups excluding carboxylic acids is 1. The molecule has 27 heavy (non-hydrogen) atoms. The van der Waals surface area contributed by atoms with Crippen LogP contribution in [0.4, 0.5) is 0 Å². The summed E-state index contributed by atoms with van der Waals surface area (Å²) in [6.07, 6.45) is 5.31. The van der Waals surface area contributed by atoms with E-state index in [4.69, 9.17) is 4.74 Å². The molecule has 0 atom stereocenters. The normalized spacial score (nSPS) is 15.3. The first-order valence-electron chi connectivity index (χ1n) is 9.14. The molecule has 0 bridgehead atoms. The molecule has 1 aliphatic heterocycles. The highest BCUT2D eigenvalue weighted by atomic mass is 16.5. The number of fused-ring (bicyclic) bond motifs is 1. The van der Waals surface area contributed by atoms with E-state index in [-0.39, 0.29) is 24.7 Å². The van der Waals surface area contributed by atoms with Crippen LogP contribution in [0.1, 0.15) is 24.4 Å². The highest BCUT2D eigenvalue weighted by Crippen LogP contribution is 2.26. The van der Waals surface area contributed by atoms with E-state index < -0.39 is 0 Å². The Kier molecular flexibility index (Phi) is 4.96. The molecule has 3 heterocycles. The van der Waals surface area contributed by atoms with Crippen molar-refractivity contribution in [3.63, 3.8) is 0 Å². The molecule has 0 spiro atoms. The van der Waals surface area contributed by atoms with Gasteiger partial charge in [0.25, 0.3) is 0 Å². The molecule has 0 unspecified atom stereocenters. The van der Waals surface area contributed by atoms with Gasteiger partial charge in [0.2, 0.25) is 0 Å². The van der Waals surface area contributed by atoms with Gasteiger partial charge in [-0.05, 0) is 24.5 Å². The highest BCUT2D eigenvalue weighted by Gasteiger charge is 2.22. The zero-order valence-electron chi connectivity index (χ0n) is 15.3. The zero-order valence-corrected chi connectivity index (χ0v) is 15.3. The Labute approximate surface area is 157 Å². The maximum Gasteiger partial charge on any atom is 0.143 e. The third-order valence-electron chi connectivity index (χ3n) is 5.16. The molecule has 4 rings (SSSR count). The van der Waals surface area contributed by atoms with Crippen molar-refractivity contribution in [2.75, 3.05) is 13.2 Å². The molecular weight excluding hydrogens is 344 g/mol. The van der Waals surface area contributed by atoms with Gasteiger partial charge in [-0.15, -0.1) is 0 Å². The first-order chi connectivity index (χ1) is 13.2. The van der Waals surface area contributed by atoms with Crippen LogP contribution in [-0.4, -0.2) is 43.9 Å². The summed E-state index contributed by atoms with van der Waals surface area (Å²) in [5.74, 6) is 0.778. The van der Waals surface area contributed by atoms with Crippen molar-refractivity contribution in [1.29, 1.82) is 0 Å². The fourth-order valence-electron chi connectivity index (χ4n) is 3.53. The van der Waals surface area contributed by atoms with Gasteiger partial charge in [-0.2, -0.15) is 5.10 Å². The molecule has 7 nitrogen and oxygen atoms in total. The molecule has 1 N–H and O–H groups in total. The Balaban J connectivity index is 1.62. The standard InChI is InChI=1S/C20H22N4O3/c1-24-18(12-25)16(11-22-24)14-2-3-15-10-21-20(23-17(15)8-14)9-19(26)13-4-6-27-7-5-13/h2-3,8,10-11,13,25H,4-7,9,12H2,1H3. The monoisotopic (exact) mass is 366 g/mol. The lowest BCUT2D eigenvalue weighted by molar-refractivity contribution is -0.125. The van der Waals surface area contributed by atoms with Gasteiger partial charge in [-0.1, -0.05) is 12.1 Å². The number of aliphatic hydroxyl groups excluding tert-OH is 1. The number of aryl methyl sites for hydroxylation is 1. The number of hydrogen-bond acceptors (Lipinski definition) is 6. The van der Waals surface area contributed by atoms with E-state index in [2.05, 4.69) is 15.1 Å². The number of benzene rings is 1. The lowest BCUT2D eigenvalue weighted by atomic mass is 9.93. The van der Waals surface area contributed by atoms with E-state index >= 15 is 0 Å². The molecule has 0 amide bonds. The van der Waals surface area contributed by atoms with E-state index in [1.807, 2.05) is 18.2 Å². The van der Waals surface area contributed by atoms with Crippen LogP contribution in [0.15, 0.2) is 30.6 Å². The summed E-state index contributed by atoms with van der Waals surface area (Å²) in [5.41, 5.74) is 3.34. The minimum absolute atomic E-state index is 0.0480. The fraction of sp³-hybridized carbons (Fsp3) is 0.400. The van der Waals surface area contributed by atoms with Crippen molar-refractivity contribution >= 4 is 16.7 Å². The molecule has 1 aliphatic rings. The SMILES string of the molecule is Cn1ncc(-c2ccc3cnc(CC(=O)C4CCOCC4)nc3c2)c1CO. The van der Waals surface area contributed by atoms with Gasteiger partial charge in [-0.25, -0.2) is 9.97 Å². The molecule has 1 fully saturated rings. The van der Waals surface area contributed by atoms with Crippen molar-refractivity contribution in [3.05, 3.63) is 42.1 Å². The van der Waals surface area contributed by atoms with Gasteiger partial charge in [0.1, 0.15) is 11.6 Å². The molecular formula is C20H22N4O3. The summed E-state index contributed by atoms with van der Waals surface area (Å²) in [7, 11) is 1.80. The van der Waals surface area contributed by atoms with Crippen LogP contribution in [0.5, 0.6) is 0 Å². The average molecular weight is 366 g/mol. The van der Waals surface area contributed by atoms with Crippen molar-refractivity contribution in [2.24, 2.45) is 13.0 Å². The molecule has 3 aromatic rings. The highest BCUT2D eigenvalue weighted by molar-refractivity contribution is 5.86. The first-order valence-corrected chi connectivity index (χ1v) is 9.14. The fourth-order valence-corrected chi connectivity index (χ4v) is 3.53. The number of carbonyl (C=O) groups is 1. The third kappa shape index (κ3) is 3.61. The summed E-state index contributed by atoms with van der Waals surface area (Å²) in [4.78, 5) is 21.5. The Hall–Kier alpha value is -2.64. The van der Waals surface area contributed by atoms with E-state index in [1.165, 1.54) is 0 Å². The van der Waals surface area contributed by atoms with E-state index in [0.717, 1.165) is 40.6 Å². The van der Waals surface area contributed by atoms with Crippen molar-refractivity contribution in [2.45, 2.75) is 25.9 Å². The van der Waals surface area contributed by atoms with Crippen LogP contribution < -0.4 is 0 Å². The summed E-state index contributed by atoms with van der Waals surface area (Å²) >= 11 is 0. The lowest BCUT2D eigenvalue weighted by Crippen LogP contribution is -2.25. The van der Waals surface area contributed by atoms with Crippen LogP contribution in [0.3, 0.4) is 0 Å². The van der Waals surface area contributed by atoms with Crippen LogP contribution in [0.25, 0.3) is 22.0 Å². The number of Topliss-reactive ketones (excluding diaryl/α,β-unsaturated/α-hetero) is 1. The third-order valence-corrected chi connectivity index (χ3v) is 5.16. The number of ether oxygens (including phenoxy) is 1. The molecule has 0 radical (unpaired) electrons. The van der Waals surface area contributed by atoms with Gasteiger partial charge >= 0.3 is 0 Å². The van der Waals surface area contributed by atoms with E-state index in [9.17, 15) is 9.90 Å². The van der Waals surface area contributed by atoms with Gasteiger partial charge in [0.15, 0.2) is 0 Å². The summed E-state index contributed by atoms with van der Waals surface area (Å²) in [6.45, 7) is 1.21. The topological polar surface area (TPSA) is 90.1 Å². The minimum atomic E-state index is -0.0848. The largest absolute Gasteiger partial charge is 0.390 e. The first kappa shape index (κ1) is 17.8. The maximum atomic E-state index is 12.5. The summed E-state index contributed by atoms with van der Waals surface area (Å²) < 4.78 is 6.99. The Morgan fingerprint density at radius 2 is 2.11 bits per heavy atom. The smallest absolute Gasteiger partial charge is 0.143 e. The summed E-state index contributed by atoms with van der Waals surface area (Å²) in [5, 5.41) is 14.7. The number of ketones is 1. The predicted molar refractivity (Wildman–Crippen MR) is 99.9 cm³/mol. The zero-order chi connectivity index (χ0) is 18.8. The molecule has 140 valence electrons.